The minimum Gasteiger partial charge on any atom is -0.363 e. The van der Waals surface area contributed by atoms with E-state index in [1.165, 1.54) is 0 Å². The van der Waals surface area contributed by atoms with Gasteiger partial charge in [0.1, 0.15) is 5.82 Å². The average Bonchev–Trinajstić information content (AvgIpc) is 2.94. The summed E-state index contributed by atoms with van der Waals surface area (Å²) < 4.78 is 3.85. The van der Waals surface area contributed by atoms with E-state index in [2.05, 4.69) is 29.4 Å². The maximum absolute atomic E-state index is 4.49. The highest BCUT2D eigenvalue weighted by Crippen LogP contribution is 2.12. The van der Waals surface area contributed by atoms with Crippen LogP contribution in [0.1, 0.15) is 32.0 Å². The quantitative estimate of drug-likeness (QED) is 0.861. The average molecular weight is 233 g/mol. The van der Waals surface area contributed by atoms with E-state index in [0.717, 1.165) is 24.5 Å². The van der Waals surface area contributed by atoms with Crippen molar-refractivity contribution < 1.29 is 0 Å². The summed E-state index contributed by atoms with van der Waals surface area (Å²) in [6, 6.07) is 4.45. The van der Waals surface area contributed by atoms with Gasteiger partial charge in [0, 0.05) is 31.5 Å². The van der Waals surface area contributed by atoms with E-state index in [9.17, 15) is 0 Å². The molecule has 1 unspecified atom stereocenters. The molecule has 2 heterocycles. The number of hydrogen-bond donors (Lipinski definition) is 1. The van der Waals surface area contributed by atoms with Gasteiger partial charge in [-0.3, -0.25) is 9.36 Å². The molecule has 0 amide bonds. The van der Waals surface area contributed by atoms with Gasteiger partial charge in [-0.05, 0) is 19.4 Å². The second kappa shape index (κ2) is 5.03. The third-order valence-corrected chi connectivity index (χ3v) is 3.02. The number of nitrogens with zero attached hydrogens (tertiary/aromatic N) is 4. The second-order valence-electron chi connectivity index (χ2n) is 4.24. The molecule has 0 aliphatic carbocycles. The minimum atomic E-state index is 0.447. The lowest BCUT2D eigenvalue weighted by atomic mass is 10.3. The Morgan fingerprint density at radius 2 is 2.24 bits per heavy atom. The minimum absolute atomic E-state index is 0.447. The van der Waals surface area contributed by atoms with Crippen LogP contribution in [0.25, 0.3) is 0 Å². The molecule has 2 aromatic rings. The van der Waals surface area contributed by atoms with Gasteiger partial charge < -0.3 is 5.32 Å². The van der Waals surface area contributed by atoms with Crippen LogP contribution >= 0.6 is 0 Å². The SMILES string of the molecule is CCC(C)n1ccc(NCc2ccnn2C)n1. The Morgan fingerprint density at radius 3 is 2.88 bits per heavy atom. The summed E-state index contributed by atoms with van der Waals surface area (Å²) in [7, 11) is 1.94. The Balaban J connectivity index is 1.96. The van der Waals surface area contributed by atoms with Crippen LogP contribution in [0.15, 0.2) is 24.5 Å². The van der Waals surface area contributed by atoms with Crippen LogP contribution in [0.2, 0.25) is 0 Å². The first-order chi connectivity index (χ1) is 8.20. The van der Waals surface area contributed by atoms with Crippen molar-refractivity contribution in [3.63, 3.8) is 0 Å². The summed E-state index contributed by atoms with van der Waals surface area (Å²) in [5, 5.41) is 11.9. The first-order valence-corrected chi connectivity index (χ1v) is 5.96. The fourth-order valence-electron chi connectivity index (χ4n) is 1.62. The zero-order valence-electron chi connectivity index (χ0n) is 10.6. The summed E-state index contributed by atoms with van der Waals surface area (Å²) in [6.07, 6.45) is 4.90. The Morgan fingerprint density at radius 1 is 1.41 bits per heavy atom. The zero-order valence-corrected chi connectivity index (χ0v) is 10.6. The maximum Gasteiger partial charge on any atom is 0.148 e. The van der Waals surface area contributed by atoms with Crippen molar-refractivity contribution in [1.29, 1.82) is 0 Å². The Kier molecular flexibility index (Phi) is 3.46. The molecular formula is C12H19N5. The summed E-state index contributed by atoms with van der Waals surface area (Å²) >= 11 is 0. The van der Waals surface area contributed by atoms with Crippen LogP contribution in [0, 0.1) is 0 Å². The van der Waals surface area contributed by atoms with Crippen molar-refractivity contribution in [2.24, 2.45) is 7.05 Å². The number of aryl methyl sites for hydroxylation is 1. The van der Waals surface area contributed by atoms with Crippen LogP contribution in [0.3, 0.4) is 0 Å². The molecule has 0 saturated carbocycles. The highest BCUT2D eigenvalue weighted by molar-refractivity contribution is 5.32. The zero-order chi connectivity index (χ0) is 12.3. The number of nitrogens with one attached hydrogen (secondary N) is 1. The molecule has 0 aliphatic rings. The molecule has 0 fully saturated rings. The molecule has 0 saturated heterocycles. The molecule has 2 aromatic heterocycles. The summed E-state index contributed by atoms with van der Waals surface area (Å²) in [6.45, 7) is 5.07. The van der Waals surface area contributed by atoms with E-state index in [0.29, 0.717) is 6.04 Å². The van der Waals surface area contributed by atoms with Crippen LogP contribution in [-0.2, 0) is 13.6 Å². The van der Waals surface area contributed by atoms with E-state index < -0.39 is 0 Å². The first-order valence-electron chi connectivity index (χ1n) is 5.96. The lowest BCUT2D eigenvalue weighted by Gasteiger charge is -2.08. The van der Waals surface area contributed by atoms with Gasteiger partial charge in [-0.15, -0.1) is 0 Å². The summed E-state index contributed by atoms with van der Waals surface area (Å²) in [5.74, 6) is 0.909. The van der Waals surface area contributed by atoms with Gasteiger partial charge >= 0.3 is 0 Å². The molecule has 1 atom stereocenters. The molecule has 0 spiro atoms. The largest absolute Gasteiger partial charge is 0.363 e. The summed E-state index contributed by atoms with van der Waals surface area (Å²) in [5.41, 5.74) is 1.14. The van der Waals surface area contributed by atoms with E-state index in [4.69, 9.17) is 0 Å². The second-order valence-corrected chi connectivity index (χ2v) is 4.24. The number of hydrogen-bond acceptors (Lipinski definition) is 3. The van der Waals surface area contributed by atoms with Crippen LogP contribution in [-0.4, -0.2) is 19.6 Å². The van der Waals surface area contributed by atoms with E-state index in [-0.39, 0.29) is 0 Å². The molecule has 0 aliphatic heterocycles. The molecule has 2 rings (SSSR count). The summed E-state index contributed by atoms with van der Waals surface area (Å²) in [4.78, 5) is 0. The molecule has 92 valence electrons. The molecule has 0 radical (unpaired) electrons. The molecule has 0 aromatic carbocycles. The van der Waals surface area contributed by atoms with Crippen molar-refractivity contribution in [2.45, 2.75) is 32.9 Å². The van der Waals surface area contributed by atoms with Gasteiger partial charge in [0.25, 0.3) is 0 Å². The number of anilines is 1. The molecule has 17 heavy (non-hydrogen) atoms. The Labute approximate surface area is 101 Å². The smallest absolute Gasteiger partial charge is 0.148 e. The molecule has 5 heteroatoms. The van der Waals surface area contributed by atoms with Crippen molar-refractivity contribution >= 4 is 5.82 Å². The van der Waals surface area contributed by atoms with Gasteiger partial charge in [-0.25, -0.2) is 0 Å². The molecule has 5 nitrogen and oxygen atoms in total. The van der Waals surface area contributed by atoms with E-state index in [1.807, 2.05) is 34.7 Å². The number of aromatic nitrogens is 4. The lowest BCUT2D eigenvalue weighted by Crippen LogP contribution is -2.08. The first kappa shape index (κ1) is 11.7. The maximum atomic E-state index is 4.49. The highest BCUT2D eigenvalue weighted by Gasteiger charge is 2.04. The van der Waals surface area contributed by atoms with Crippen LogP contribution in [0.4, 0.5) is 5.82 Å². The Hall–Kier alpha value is -1.78. The monoisotopic (exact) mass is 233 g/mol. The molecule has 0 bridgehead atoms. The van der Waals surface area contributed by atoms with Crippen molar-refractivity contribution in [3.05, 3.63) is 30.2 Å². The van der Waals surface area contributed by atoms with Gasteiger partial charge in [0.15, 0.2) is 0 Å². The fraction of sp³-hybridized carbons (Fsp3) is 0.500. The van der Waals surface area contributed by atoms with Gasteiger partial charge in [-0.1, -0.05) is 6.92 Å². The lowest BCUT2D eigenvalue weighted by molar-refractivity contribution is 0.479. The van der Waals surface area contributed by atoms with Crippen molar-refractivity contribution in [2.75, 3.05) is 5.32 Å². The Bertz CT molecular complexity index is 471. The van der Waals surface area contributed by atoms with Gasteiger partial charge in [-0.2, -0.15) is 10.2 Å². The van der Waals surface area contributed by atoms with E-state index >= 15 is 0 Å². The molecular weight excluding hydrogens is 214 g/mol. The third-order valence-electron chi connectivity index (χ3n) is 3.02. The van der Waals surface area contributed by atoms with E-state index in [1.54, 1.807) is 6.20 Å². The predicted octanol–water partition coefficient (Wildman–Crippen LogP) is 2.20. The fourth-order valence-corrected chi connectivity index (χ4v) is 1.62. The standard InChI is InChI=1S/C12H19N5/c1-4-10(2)17-8-6-12(15-17)13-9-11-5-7-14-16(11)3/h5-8,10H,4,9H2,1-3H3,(H,13,15). The van der Waals surface area contributed by atoms with Gasteiger partial charge in [0.2, 0.25) is 0 Å². The van der Waals surface area contributed by atoms with Crippen molar-refractivity contribution in [3.8, 4) is 0 Å². The topological polar surface area (TPSA) is 47.7 Å². The third kappa shape index (κ3) is 2.67. The predicted molar refractivity (Wildman–Crippen MR) is 67.8 cm³/mol. The molecule has 1 N–H and O–H groups in total. The number of rotatable bonds is 5. The van der Waals surface area contributed by atoms with Crippen LogP contribution in [0.5, 0.6) is 0 Å². The highest BCUT2D eigenvalue weighted by atomic mass is 15.3. The van der Waals surface area contributed by atoms with Gasteiger partial charge in [0.05, 0.1) is 12.2 Å². The normalized spacial score (nSPS) is 12.6. The van der Waals surface area contributed by atoms with Crippen molar-refractivity contribution in [1.82, 2.24) is 19.6 Å². The van der Waals surface area contributed by atoms with Crippen LogP contribution < -0.4 is 5.32 Å².